The van der Waals surface area contributed by atoms with Crippen LogP contribution >= 0.6 is 11.3 Å². The van der Waals surface area contributed by atoms with Gasteiger partial charge in [0.25, 0.3) is 0 Å². The molecular formula is C12H20N2OS. The van der Waals surface area contributed by atoms with Crippen LogP contribution in [0.3, 0.4) is 0 Å². The molecule has 1 aromatic heterocycles. The normalized spacial score (nSPS) is 12.8. The molecule has 1 unspecified atom stereocenters. The summed E-state index contributed by atoms with van der Waals surface area (Å²) in [5.74, 6) is 0.143. The lowest BCUT2D eigenvalue weighted by Crippen LogP contribution is -2.34. The second-order valence-electron chi connectivity index (χ2n) is 4.09. The van der Waals surface area contributed by atoms with Gasteiger partial charge in [-0.15, -0.1) is 0 Å². The van der Waals surface area contributed by atoms with Crippen LogP contribution in [0.5, 0.6) is 0 Å². The molecule has 0 aromatic carbocycles. The molecule has 0 spiro atoms. The molecule has 1 heterocycles. The topological polar surface area (TPSA) is 32.3 Å². The van der Waals surface area contributed by atoms with Crippen LogP contribution in [0.25, 0.3) is 0 Å². The van der Waals surface area contributed by atoms with Gasteiger partial charge in [0.2, 0.25) is 5.91 Å². The summed E-state index contributed by atoms with van der Waals surface area (Å²) in [5, 5.41) is 7.18. The zero-order chi connectivity index (χ0) is 12.0. The highest BCUT2D eigenvalue weighted by Gasteiger charge is 2.15. The van der Waals surface area contributed by atoms with Crippen molar-refractivity contribution in [2.75, 3.05) is 20.6 Å². The van der Waals surface area contributed by atoms with Crippen molar-refractivity contribution in [3.05, 3.63) is 22.4 Å². The first-order valence-electron chi connectivity index (χ1n) is 5.60. The van der Waals surface area contributed by atoms with E-state index in [1.165, 1.54) is 5.56 Å². The molecule has 0 saturated heterocycles. The molecule has 16 heavy (non-hydrogen) atoms. The Morgan fingerprint density at radius 3 is 2.81 bits per heavy atom. The van der Waals surface area contributed by atoms with Gasteiger partial charge in [0.05, 0.1) is 6.04 Å². The SMILES string of the molecule is CCCC(=O)NCC(c1ccsc1)N(C)C. The first-order valence-corrected chi connectivity index (χ1v) is 6.54. The molecule has 0 bridgehead atoms. The number of hydrogen-bond acceptors (Lipinski definition) is 3. The van der Waals surface area contributed by atoms with E-state index in [0.29, 0.717) is 13.0 Å². The maximum Gasteiger partial charge on any atom is 0.220 e. The summed E-state index contributed by atoms with van der Waals surface area (Å²) in [6, 6.07) is 2.38. The Hall–Kier alpha value is -0.870. The number of carbonyl (C=O) groups excluding carboxylic acids is 1. The van der Waals surface area contributed by atoms with E-state index in [9.17, 15) is 4.79 Å². The lowest BCUT2D eigenvalue weighted by molar-refractivity contribution is -0.121. The van der Waals surface area contributed by atoms with E-state index in [1.807, 2.05) is 21.0 Å². The van der Waals surface area contributed by atoms with Gasteiger partial charge in [-0.05, 0) is 42.9 Å². The molecule has 0 aliphatic rings. The van der Waals surface area contributed by atoms with Crippen LogP contribution in [0.1, 0.15) is 31.4 Å². The highest BCUT2D eigenvalue weighted by atomic mass is 32.1. The van der Waals surface area contributed by atoms with Gasteiger partial charge in [-0.1, -0.05) is 6.92 Å². The predicted octanol–water partition coefficient (Wildman–Crippen LogP) is 2.27. The van der Waals surface area contributed by atoms with Gasteiger partial charge in [-0.2, -0.15) is 11.3 Å². The van der Waals surface area contributed by atoms with Crippen molar-refractivity contribution in [3.8, 4) is 0 Å². The Morgan fingerprint density at radius 1 is 1.56 bits per heavy atom. The number of rotatable bonds is 6. The monoisotopic (exact) mass is 240 g/mol. The minimum atomic E-state index is 0.143. The molecule has 0 aliphatic heterocycles. The van der Waals surface area contributed by atoms with E-state index in [-0.39, 0.29) is 11.9 Å². The van der Waals surface area contributed by atoms with Gasteiger partial charge in [-0.3, -0.25) is 4.79 Å². The summed E-state index contributed by atoms with van der Waals surface area (Å²) in [6.07, 6.45) is 1.51. The van der Waals surface area contributed by atoms with Gasteiger partial charge in [0, 0.05) is 13.0 Å². The molecule has 1 amide bonds. The Kier molecular flexibility index (Phi) is 5.49. The second kappa shape index (κ2) is 6.66. The summed E-state index contributed by atoms with van der Waals surface area (Å²) in [7, 11) is 4.07. The fourth-order valence-corrected chi connectivity index (χ4v) is 2.30. The summed E-state index contributed by atoms with van der Waals surface area (Å²) in [5.41, 5.74) is 1.27. The van der Waals surface area contributed by atoms with E-state index in [0.717, 1.165) is 6.42 Å². The number of thiophene rings is 1. The van der Waals surface area contributed by atoms with Gasteiger partial charge in [0.1, 0.15) is 0 Å². The van der Waals surface area contributed by atoms with Gasteiger partial charge < -0.3 is 10.2 Å². The average Bonchev–Trinajstić information content (AvgIpc) is 2.71. The number of nitrogens with zero attached hydrogens (tertiary/aromatic N) is 1. The number of likely N-dealkylation sites (N-methyl/N-ethyl adjacent to an activating group) is 1. The van der Waals surface area contributed by atoms with Crippen LogP contribution in [0.15, 0.2) is 16.8 Å². The van der Waals surface area contributed by atoms with Crippen molar-refractivity contribution in [1.29, 1.82) is 0 Å². The molecule has 3 nitrogen and oxygen atoms in total. The number of hydrogen-bond donors (Lipinski definition) is 1. The van der Waals surface area contributed by atoms with E-state index in [2.05, 4.69) is 27.0 Å². The predicted molar refractivity (Wildman–Crippen MR) is 68.7 cm³/mol. The Morgan fingerprint density at radius 2 is 2.31 bits per heavy atom. The van der Waals surface area contributed by atoms with Gasteiger partial charge >= 0.3 is 0 Å². The van der Waals surface area contributed by atoms with Crippen LogP contribution in [0.4, 0.5) is 0 Å². The molecule has 1 atom stereocenters. The molecule has 1 rings (SSSR count). The summed E-state index contributed by atoms with van der Waals surface area (Å²) >= 11 is 1.69. The maximum absolute atomic E-state index is 11.4. The Bertz CT molecular complexity index is 309. The molecule has 1 aromatic rings. The lowest BCUT2D eigenvalue weighted by Gasteiger charge is -2.23. The second-order valence-corrected chi connectivity index (χ2v) is 4.87. The number of amides is 1. The van der Waals surface area contributed by atoms with E-state index >= 15 is 0 Å². The number of carbonyl (C=O) groups is 1. The minimum absolute atomic E-state index is 0.143. The van der Waals surface area contributed by atoms with E-state index in [1.54, 1.807) is 11.3 Å². The minimum Gasteiger partial charge on any atom is -0.354 e. The fraction of sp³-hybridized carbons (Fsp3) is 0.583. The molecular weight excluding hydrogens is 220 g/mol. The zero-order valence-corrected chi connectivity index (χ0v) is 11.0. The van der Waals surface area contributed by atoms with Crippen LogP contribution in [-0.2, 0) is 4.79 Å². The summed E-state index contributed by atoms with van der Waals surface area (Å²) in [4.78, 5) is 13.5. The largest absolute Gasteiger partial charge is 0.354 e. The van der Waals surface area contributed by atoms with E-state index in [4.69, 9.17) is 0 Å². The average molecular weight is 240 g/mol. The van der Waals surface area contributed by atoms with Crippen molar-refractivity contribution >= 4 is 17.2 Å². The fourth-order valence-electron chi connectivity index (χ4n) is 1.59. The quantitative estimate of drug-likeness (QED) is 0.827. The molecule has 1 N–H and O–H groups in total. The van der Waals surface area contributed by atoms with Crippen LogP contribution < -0.4 is 5.32 Å². The van der Waals surface area contributed by atoms with Crippen LogP contribution in [0.2, 0.25) is 0 Å². The summed E-state index contributed by atoms with van der Waals surface area (Å²) in [6.45, 7) is 2.70. The standard InChI is InChI=1S/C12H20N2OS/c1-4-5-12(15)13-8-11(14(2)3)10-6-7-16-9-10/h6-7,9,11H,4-5,8H2,1-3H3,(H,13,15). The van der Waals surface area contributed by atoms with Crippen LogP contribution in [-0.4, -0.2) is 31.4 Å². The number of nitrogens with one attached hydrogen (secondary N) is 1. The van der Waals surface area contributed by atoms with Crippen molar-refractivity contribution in [2.45, 2.75) is 25.8 Å². The molecule has 0 saturated carbocycles. The maximum atomic E-state index is 11.4. The Balaban J connectivity index is 2.50. The van der Waals surface area contributed by atoms with E-state index < -0.39 is 0 Å². The van der Waals surface area contributed by atoms with Crippen molar-refractivity contribution in [2.24, 2.45) is 0 Å². The smallest absolute Gasteiger partial charge is 0.220 e. The van der Waals surface area contributed by atoms with Crippen molar-refractivity contribution in [1.82, 2.24) is 10.2 Å². The third-order valence-corrected chi connectivity index (χ3v) is 3.22. The van der Waals surface area contributed by atoms with Crippen LogP contribution in [0, 0.1) is 0 Å². The first kappa shape index (κ1) is 13.2. The molecule has 90 valence electrons. The summed E-state index contributed by atoms with van der Waals surface area (Å²) < 4.78 is 0. The Labute approximate surface area is 101 Å². The first-order chi connectivity index (χ1) is 7.65. The van der Waals surface area contributed by atoms with Gasteiger partial charge in [0.15, 0.2) is 0 Å². The zero-order valence-electron chi connectivity index (χ0n) is 10.2. The van der Waals surface area contributed by atoms with Crippen molar-refractivity contribution < 1.29 is 4.79 Å². The molecule has 0 radical (unpaired) electrons. The third-order valence-electron chi connectivity index (χ3n) is 2.52. The van der Waals surface area contributed by atoms with Crippen molar-refractivity contribution in [3.63, 3.8) is 0 Å². The highest BCUT2D eigenvalue weighted by Crippen LogP contribution is 2.19. The lowest BCUT2D eigenvalue weighted by atomic mass is 10.1. The van der Waals surface area contributed by atoms with Gasteiger partial charge in [-0.25, -0.2) is 0 Å². The molecule has 4 heteroatoms. The molecule has 0 fully saturated rings. The molecule has 0 aliphatic carbocycles. The highest BCUT2D eigenvalue weighted by molar-refractivity contribution is 7.07. The third kappa shape index (κ3) is 3.94.